The summed E-state index contributed by atoms with van der Waals surface area (Å²) in [5.74, 6) is 0. The quantitative estimate of drug-likeness (QED) is 0.250. The third-order valence-electron chi connectivity index (χ3n) is 6.11. The molecule has 1 aromatic carbocycles. The fraction of sp³-hybridized carbons (Fsp3) is 0.500. The molecule has 5 nitrogen and oxygen atoms in total. The number of morpholine rings is 2. The summed E-state index contributed by atoms with van der Waals surface area (Å²) in [6, 6.07) is 9.20. The van der Waals surface area contributed by atoms with Crippen LogP contribution in [-0.2, 0) is 9.47 Å². The topological polar surface area (TPSA) is 37.6 Å². The maximum absolute atomic E-state index is 5.93. The minimum Gasteiger partial charge on any atom is -1.00 e. The number of aryl methyl sites for hydroxylation is 2. The van der Waals surface area contributed by atoms with Gasteiger partial charge < -0.3 is 38.4 Å². The maximum Gasteiger partial charge on any atom is 0.201 e. The number of anilines is 1. The Labute approximate surface area is 205 Å². The largest absolute Gasteiger partial charge is 1.00 e. The Hall–Kier alpha value is -1.29. The molecule has 0 unspecified atom stereocenters. The van der Waals surface area contributed by atoms with Crippen molar-refractivity contribution < 1.29 is 33.5 Å². The molecule has 7 heteroatoms. The van der Waals surface area contributed by atoms with E-state index < -0.39 is 0 Å². The minimum atomic E-state index is 0. The predicted molar refractivity (Wildman–Crippen MR) is 124 cm³/mol. The molecule has 0 radical (unpaired) electrons. The summed E-state index contributed by atoms with van der Waals surface area (Å²) in [7, 11) is 0. The van der Waals surface area contributed by atoms with Crippen molar-refractivity contribution in [2.75, 3.05) is 44.3 Å². The molecule has 0 bridgehead atoms. The smallest absolute Gasteiger partial charge is 0.201 e. The third-order valence-corrected chi connectivity index (χ3v) is 7.17. The second-order valence-electron chi connectivity index (χ2n) is 8.69. The van der Waals surface area contributed by atoms with Crippen LogP contribution < -0.4 is 38.8 Å². The highest BCUT2D eigenvalue weighted by molar-refractivity contribution is 7.21. The fourth-order valence-corrected chi connectivity index (χ4v) is 5.91. The second-order valence-corrected chi connectivity index (χ2v) is 9.78. The van der Waals surface area contributed by atoms with Gasteiger partial charge in [0.2, 0.25) is 5.36 Å². The molecule has 0 N–H and O–H groups in total. The summed E-state index contributed by atoms with van der Waals surface area (Å²) in [6.07, 6.45) is 0.503. The molecule has 3 aliphatic heterocycles. The summed E-state index contributed by atoms with van der Waals surface area (Å²) in [4.78, 5) is 8.78. The number of hydrogen-bond donors (Lipinski definition) is 0. The molecular formula is C24H30IN3O2S. The minimum absolute atomic E-state index is 0. The first-order chi connectivity index (χ1) is 14.5. The average Bonchev–Trinajstić information content (AvgIpc) is 2.72. The first kappa shape index (κ1) is 22.9. The van der Waals surface area contributed by atoms with Gasteiger partial charge in [-0.3, -0.25) is 0 Å². The number of hydrogen-bond acceptors (Lipinski definition) is 5. The monoisotopic (exact) mass is 551 g/mol. The number of nitrogens with zero attached hydrogens (tertiary/aromatic N) is 3. The van der Waals surface area contributed by atoms with Gasteiger partial charge in [0.1, 0.15) is 12.2 Å². The number of rotatable bonds is 1. The van der Waals surface area contributed by atoms with E-state index in [1.54, 1.807) is 0 Å². The molecule has 1 aliphatic carbocycles. The van der Waals surface area contributed by atoms with Crippen molar-refractivity contribution in [2.24, 2.45) is 0 Å². The van der Waals surface area contributed by atoms with Crippen molar-refractivity contribution in [1.29, 1.82) is 0 Å². The first-order valence-corrected chi connectivity index (χ1v) is 11.7. The molecule has 3 heterocycles. The van der Waals surface area contributed by atoms with Gasteiger partial charge in [-0.15, -0.1) is 11.3 Å². The van der Waals surface area contributed by atoms with E-state index in [1.807, 2.05) is 11.3 Å². The van der Waals surface area contributed by atoms with Crippen LogP contribution in [0.3, 0.4) is 0 Å². The molecule has 0 saturated carbocycles. The van der Waals surface area contributed by atoms with E-state index in [1.165, 1.54) is 31.7 Å². The number of halogens is 1. The summed E-state index contributed by atoms with van der Waals surface area (Å²) < 4.78 is 15.2. The SMILES string of the molecule is Cc1cc(=[N+]2C[C@@H](C)O[C@@H](C)C2)cc2sc3cc(N4CCOCC4)cc(C)c3nc1-2.[I-]. The van der Waals surface area contributed by atoms with E-state index in [0.29, 0.717) is 0 Å². The Morgan fingerprint density at radius 1 is 1.00 bits per heavy atom. The molecule has 166 valence electrons. The van der Waals surface area contributed by atoms with Gasteiger partial charge in [-0.1, -0.05) is 0 Å². The van der Waals surface area contributed by atoms with Crippen molar-refractivity contribution in [3.05, 3.63) is 40.7 Å². The van der Waals surface area contributed by atoms with Crippen LogP contribution in [-0.4, -0.2) is 56.6 Å². The fourth-order valence-electron chi connectivity index (χ4n) is 4.71. The molecule has 2 atom stereocenters. The van der Waals surface area contributed by atoms with Gasteiger partial charge in [0.25, 0.3) is 0 Å². The van der Waals surface area contributed by atoms with Gasteiger partial charge in [0, 0.05) is 30.9 Å². The summed E-state index contributed by atoms with van der Waals surface area (Å²) >= 11 is 1.86. The number of ether oxygens (including phenoxy) is 2. The van der Waals surface area contributed by atoms with Gasteiger partial charge in [0.05, 0.1) is 34.0 Å². The zero-order chi connectivity index (χ0) is 20.8. The average molecular weight is 551 g/mol. The van der Waals surface area contributed by atoms with Crippen molar-refractivity contribution >= 4 is 27.2 Å². The van der Waals surface area contributed by atoms with Crippen LogP contribution in [0.2, 0.25) is 0 Å². The lowest BCUT2D eigenvalue weighted by Gasteiger charge is -2.29. The summed E-state index contributed by atoms with van der Waals surface area (Å²) in [6.45, 7) is 14.0. The van der Waals surface area contributed by atoms with E-state index >= 15 is 0 Å². The number of benzene rings is 2. The van der Waals surface area contributed by atoms with Crippen molar-refractivity contribution in [3.8, 4) is 10.6 Å². The summed E-state index contributed by atoms with van der Waals surface area (Å²) in [5.41, 5.74) is 6.00. The summed E-state index contributed by atoms with van der Waals surface area (Å²) in [5, 5.41) is 1.28. The standard InChI is InChI=1S/C24H30N3O2S.HI/c1-15-9-19(26-5-7-28-8-6-26)11-21-23(15)25-24-16(2)10-20(12-22(24)30-21)27-13-17(3)29-18(4)14-27;/h9-12,17-18H,5-8,13-14H2,1-4H3;1H/q+1;/p-1/t17-,18+;. The lowest BCUT2D eigenvalue weighted by Crippen LogP contribution is -3.00. The van der Waals surface area contributed by atoms with Crippen LogP contribution in [0.25, 0.3) is 20.8 Å². The molecular weight excluding hydrogens is 521 g/mol. The van der Waals surface area contributed by atoms with Crippen molar-refractivity contribution in [1.82, 2.24) is 9.56 Å². The number of fused-ring (bicyclic) bond motifs is 2. The first-order valence-electron chi connectivity index (χ1n) is 10.9. The van der Waals surface area contributed by atoms with Crippen LogP contribution in [0.4, 0.5) is 5.69 Å². The Morgan fingerprint density at radius 3 is 2.42 bits per heavy atom. The van der Waals surface area contributed by atoms with Crippen LogP contribution >= 0.6 is 11.3 Å². The third kappa shape index (κ3) is 4.60. The molecule has 2 fully saturated rings. The van der Waals surface area contributed by atoms with Crippen LogP contribution in [0, 0.1) is 13.8 Å². The highest BCUT2D eigenvalue weighted by atomic mass is 127. The maximum atomic E-state index is 5.93. The van der Waals surface area contributed by atoms with Gasteiger partial charge in [-0.2, -0.15) is 0 Å². The van der Waals surface area contributed by atoms with E-state index in [4.69, 9.17) is 14.5 Å². The Morgan fingerprint density at radius 2 is 1.71 bits per heavy atom. The van der Waals surface area contributed by atoms with Crippen molar-refractivity contribution in [2.45, 2.75) is 39.9 Å². The second kappa shape index (κ2) is 9.29. The van der Waals surface area contributed by atoms with Gasteiger partial charge in [0.15, 0.2) is 13.1 Å². The van der Waals surface area contributed by atoms with Gasteiger partial charge >= 0.3 is 0 Å². The molecule has 5 rings (SSSR count). The molecule has 2 saturated heterocycles. The van der Waals surface area contributed by atoms with E-state index in [9.17, 15) is 0 Å². The lowest BCUT2D eigenvalue weighted by atomic mass is 10.1. The molecule has 0 spiro atoms. The highest BCUT2D eigenvalue weighted by Crippen LogP contribution is 2.35. The Kier molecular flexibility index (Phi) is 6.86. The zero-order valence-electron chi connectivity index (χ0n) is 18.7. The Balaban J connectivity index is 0.00000231. The van der Waals surface area contributed by atoms with E-state index in [0.717, 1.165) is 50.6 Å². The zero-order valence-corrected chi connectivity index (χ0v) is 21.6. The predicted octanol–water partition coefficient (Wildman–Crippen LogP) is 0.438. The lowest BCUT2D eigenvalue weighted by molar-refractivity contribution is -0.0262. The molecule has 31 heavy (non-hydrogen) atoms. The normalized spacial score (nSPS) is 23.8. The molecule has 1 aromatic rings. The molecule has 0 aromatic heterocycles. The Bertz CT molecular complexity index is 1130. The number of aromatic nitrogens is 1. The van der Waals surface area contributed by atoms with E-state index in [2.05, 4.69) is 61.4 Å². The van der Waals surface area contributed by atoms with Crippen LogP contribution in [0.15, 0.2) is 24.3 Å². The molecule has 0 amide bonds. The van der Waals surface area contributed by atoms with Crippen LogP contribution in [0.5, 0.6) is 0 Å². The van der Waals surface area contributed by atoms with Crippen LogP contribution in [0.1, 0.15) is 25.0 Å². The van der Waals surface area contributed by atoms with E-state index in [-0.39, 0.29) is 36.2 Å². The van der Waals surface area contributed by atoms with Gasteiger partial charge in [-0.05, 0) is 51.0 Å². The highest BCUT2D eigenvalue weighted by Gasteiger charge is 2.26. The molecule has 4 aliphatic rings. The van der Waals surface area contributed by atoms with Gasteiger partial charge in [-0.25, -0.2) is 9.56 Å². The van der Waals surface area contributed by atoms with Crippen molar-refractivity contribution in [3.63, 3.8) is 0 Å².